The summed E-state index contributed by atoms with van der Waals surface area (Å²) in [5, 5.41) is 11.6. The quantitative estimate of drug-likeness (QED) is 0.649. The number of hydrogen-bond donors (Lipinski definition) is 2. The Morgan fingerprint density at radius 3 is 2.93 bits per heavy atom. The molecule has 0 saturated heterocycles. The number of hydrogen-bond acceptors (Lipinski definition) is 2. The zero-order valence-electron chi connectivity index (χ0n) is 7.66. The van der Waals surface area contributed by atoms with Crippen molar-refractivity contribution in [3.63, 3.8) is 0 Å². The van der Waals surface area contributed by atoms with Gasteiger partial charge in [-0.1, -0.05) is 6.07 Å². The summed E-state index contributed by atoms with van der Waals surface area (Å²) in [5.74, 6) is -0.741. The van der Waals surface area contributed by atoms with E-state index in [0.717, 1.165) is 5.69 Å². The van der Waals surface area contributed by atoms with E-state index in [2.05, 4.69) is 27.9 Å². The highest BCUT2D eigenvalue weighted by atomic mass is 127. The van der Waals surface area contributed by atoms with Crippen LogP contribution in [-0.4, -0.2) is 17.6 Å². The van der Waals surface area contributed by atoms with Crippen LogP contribution in [0.4, 0.5) is 5.69 Å². The Morgan fingerprint density at radius 1 is 1.50 bits per heavy atom. The van der Waals surface area contributed by atoms with Crippen LogP contribution >= 0.6 is 22.6 Å². The zero-order valence-corrected chi connectivity index (χ0v) is 9.82. The van der Waals surface area contributed by atoms with E-state index >= 15 is 0 Å². The Kier molecular flexibility index (Phi) is 4.72. The number of aliphatic carboxylic acids is 1. The maximum atomic E-state index is 10.2. The van der Waals surface area contributed by atoms with E-state index in [0.29, 0.717) is 13.0 Å². The van der Waals surface area contributed by atoms with Gasteiger partial charge in [0.25, 0.3) is 0 Å². The van der Waals surface area contributed by atoms with Crippen molar-refractivity contribution in [2.45, 2.75) is 12.8 Å². The van der Waals surface area contributed by atoms with Gasteiger partial charge in [-0.15, -0.1) is 0 Å². The molecule has 0 bridgehead atoms. The molecule has 0 saturated carbocycles. The van der Waals surface area contributed by atoms with Gasteiger partial charge in [-0.2, -0.15) is 0 Å². The molecule has 0 aliphatic heterocycles. The van der Waals surface area contributed by atoms with E-state index in [1.54, 1.807) is 0 Å². The summed E-state index contributed by atoms with van der Waals surface area (Å²) in [6, 6.07) is 7.99. The van der Waals surface area contributed by atoms with E-state index < -0.39 is 5.97 Å². The highest BCUT2D eigenvalue weighted by Crippen LogP contribution is 2.12. The molecular formula is C10H12INO2. The van der Waals surface area contributed by atoms with Gasteiger partial charge in [-0.05, 0) is 47.2 Å². The van der Waals surface area contributed by atoms with E-state index in [4.69, 9.17) is 5.11 Å². The van der Waals surface area contributed by atoms with Gasteiger partial charge in [0.1, 0.15) is 0 Å². The van der Waals surface area contributed by atoms with Crippen molar-refractivity contribution in [3.05, 3.63) is 27.8 Å². The summed E-state index contributed by atoms with van der Waals surface area (Å²) in [6.45, 7) is 0.701. The van der Waals surface area contributed by atoms with E-state index in [9.17, 15) is 4.79 Å². The minimum absolute atomic E-state index is 0.219. The second kappa shape index (κ2) is 5.85. The number of nitrogens with one attached hydrogen (secondary N) is 1. The minimum Gasteiger partial charge on any atom is -0.481 e. The number of rotatable bonds is 5. The molecule has 0 amide bonds. The molecule has 0 aromatic heterocycles. The Morgan fingerprint density at radius 2 is 2.29 bits per heavy atom. The van der Waals surface area contributed by atoms with Crippen molar-refractivity contribution >= 4 is 34.2 Å². The fraction of sp³-hybridized carbons (Fsp3) is 0.300. The van der Waals surface area contributed by atoms with Crippen molar-refractivity contribution in [1.29, 1.82) is 0 Å². The standard InChI is InChI=1S/C10H12INO2/c11-8-3-1-4-9(7-8)12-6-2-5-10(13)14/h1,3-4,7,12H,2,5-6H2,(H,13,14). The summed E-state index contributed by atoms with van der Waals surface area (Å²) < 4.78 is 1.17. The van der Waals surface area contributed by atoms with Gasteiger partial charge in [0, 0.05) is 22.2 Å². The summed E-state index contributed by atoms with van der Waals surface area (Å²) in [5.41, 5.74) is 1.04. The molecule has 1 rings (SSSR count). The monoisotopic (exact) mass is 305 g/mol. The Hall–Kier alpha value is -0.780. The van der Waals surface area contributed by atoms with Crippen LogP contribution in [0, 0.1) is 3.57 Å². The number of carboxylic acids is 1. The molecule has 0 radical (unpaired) electrons. The lowest BCUT2D eigenvalue weighted by Gasteiger charge is -2.05. The third kappa shape index (κ3) is 4.45. The van der Waals surface area contributed by atoms with Gasteiger partial charge in [0.05, 0.1) is 0 Å². The summed E-state index contributed by atoms with van der Waals surface area (Å²) in [7, 11) is 0. The molecule has 0 fully saturated rings. The van der Waals surface area contributed by atoms with Crippen LogP contribution in [0.2, 0.25) is 0 Å². The van der Waals surface area contributed by atoms with Crippen molar-refractivity contribution in [3.8, 4) is 0 Å². The molecule has 0 unspecified atom stereocenters. The average molecular weight is 305 g/mol. The van der Waals surface area contributed by atoms with Crippen molar-refractivity contribution < 1.29 is 9.90 Å². The predicted molar refractivity (Wildman–Crippen MR) is 64.5 cm³/mol. The first-order chi connectivity index (χ1) is 6.68. The average Bonchev–Trinajstić information content (AvgIpc) is 2.12. The lowest BCUT2D eigenvalue weighted by atomic mass is 10.3. The van der Waals surface area contributed by atoms with Gasteiger partial charge in [0.2, 0.25) is 0 Å². The van der Waals surface area contributed by atoms with Crippen LogP contribution in [0.1, 0.15) is 12.8 Å². The van der Waals surface area contributed by atoms with Crippen LogP contribution in [-0.2, 0) is 4.79 Å². The lowest BCUT2D eigenvalue weighted by Crippen LogP contribution is -2.04. The molecule has 3 nitrogen and oxygen atoms in total. The van der Waals surface area contributed by atoms with Gasteiger partial charge in [-0.25, -0.2) is 0 Å². The van der Waals surface area contributed by atoms with Crippen molar-refractivity contribution in [2.75, 3.05) is 11.9 Å². The molecule has 0 spiro atoms. The van der Waals surface area contributed by atoms with Gasteiger partial charge in [0.15, 0.2) is 0 Å². The number of carbonyl (C=O) groups is 1. The van der Waals surface area contributed by atoms with Crippen molar-refractivity contribution in [2.24, 2.45) is 0 Å². The molecule has 2 N–H and O–H groups in total. The number of anilines is 1. The van der Waals surface area contributed by atoms with Crippen LogP contribution in [0.5, 0.6) is 0 Å². The van der Waals surface area contributed by atoms with E-state index in [-0.39, 0.29) is 6.42 Å². The molecule has 76 valence electrons. The number of benzene rings is 1. The minimum atomic E-state index is -0.741. The highest BCUT2D eigenvalue weighted by molar-refractivity contribution is 14.1. The largest absolute Gasteiger partial charge is 0.481 e. The Balaban J connectivity index is 2.28. The van der Waals surface area contributed by atoms with E-state index in [1.807, 2.05) is 24.3 Å². The van der Waals surface area contributed by atoms with Gasteiger partial charge < -0.3 is 10.4 Å². The first-order valence-electron chi connectivity index (χ1n) is 4.40. The van der Waals surface area contributed by atoms with Crippen LogP contribution in [0.25, 0.3) is 0 Å². The van der Waals surface area contributed by atoms with E-state index in [1.165, 1.54) is 3.57 Å². The second-order valence-corrected chi connectivity index (χ2v) is 4.18. The number of carboxylic acid groups (broad SMARTS) is 1. The molecule has 0 heterocycles. The molecule has 0 aliphatic carbocycles. The Bertz CT molecular complexity index is 315. The highest BCUT2D eigenvalue weighted by Gasteiger charge is 1.96. The second-order valence-electron chi connectivity index (χ2n) is 2.93. The SMILES string of the molecule is O=C(O)CCCNc1cccc(I)c1. The molecule has 1 aromatic carbocycles. The van der Waals surface area contributed by atoms with Crippen molar-refractivity contribution in [1.82, 2.24) is 0 Å². The summed E-state index contributed by atoms with van der Waals surface area (Å²) in [4.78, 5) is 10.2. The predicted octanol–water partition coefficient (Wildman–Crippen LogP) is 2.57. The maximum Gasteiger partial charge on any atom is 0.303 e. The van der Waals surface area contributed by atoms with Crippen LogP contribution in [0.3, 0.4) is 0 Å². The zero-order chi connectivity index (χ0) is 10.4. The van der Waals surface area contributed by atoms with Crippen LogP contribution in [0.15, 0.2) is 24.3 Å². The third-order valence-electron chi connectivity index (χ3n) is 1.72. The molecule has 0 aliphatic rings. The normalized spacial score (nSPS) is 9.79. The fourth-order valence-electron chi connectivity index (χ4n) is 1.07. The topological polar surface area (TPSA) is 49.3 Å². The first-order valence-corrected chi connectivity index (χ1v) is 5.47. The smallest absolute Gasteiger partial charge is 0.303 e. The summed E-state index contributed by atoms with van der Waals surface area (Å²) in [6.07, 6.45) is 0.873. The fourth-order valence-corrected chi connectivity index (χ4v) is 1.61. The maximum absolute atomic E-state index is 10.2. The Labute approximate surface area is 96.7 Å². The summed E-state index contributed by atoms with van der Waals surface area (Å²) >= 11 is 2.24. The lowest BCUT2D eigenvalue weighted by molar-refractivity contribution is -0.137. The molecule has 1 aromatic rings. The third-order valence-corrected chi connectivity index (χ3v) is 2.39. The molecule has 0 atom stereocenters. The molecule has 4 heteroatoms. The first kappa shape index (κ1) is 11.3. The van der Waals surface area contributed by atoms with Gasteiger partial charge in [-0.3, -0.25) is 4.79 Å². The number of halogens is 1. The molecule has 14 heavy (non-hydrogen) atoms. The van der Waals surface area contributed by atoms with Gasteiger partial charge >= 0.3 is 5.97 Å². The van der Waals surface area contributed by atoms with Crippen LogP contribution < -0.4 is 5.32 Å². The molecular weight excluding hydrogens is 293 g/mol.